The van der Waals surface area contributed by atoms with E-state index in [4.69, 9.17) is 0 Å². The first-order valence-electron chi connectivity index (χ1n) is 9.62. The fourth-order valence-corrected chi connectivity index (χ4v) is 4.87. The van der Waals surface area contributed by atoms with Crippen molar-refractivity contribution in [3.63, 3.8) is 0 Å². The lowest BCUT2D eigenvalue weighted by atomic mass is 10.1. The first-order valence-corrected chi connectivity index (χ1v) is 11.3. The average molecular weight is 410 g/mol. The van der Waals surface area contributed by atoms with E-state index in [1.165, 1.54) is 0 Å². The molecule has 0 saturated heterocycles. The van der Waals surface area contributed by atoms with Gasteiger partial charge in [0.1, 0.15) is 0 Å². The number of rotatable bonds is 7. The Morgan fingerprint density at radius 2 is 1.79 bits per heavy atom. The minimum Gasteiger partial charge on any atom is -0.326 e. The number of carbonyl (C=O) groups is 1. The first-order chi connectivity index (χ1) is 13.9. The monoisotopic (exact) mass is 409 g/mol. The van der Waals surface area contributed by atoms with Crippen LogP contribution in [0.15, 0.2) is 66.0 Å². The van der Waals surface area contributed by atoms with E-state index in [0.717, 1.165) is 29.8 Å². The van der Waals surface area contributed by atoms with Crippen molar-refractivity contribution in [1.29, 1.82) is 0 Å². The third-order valence-electron chi connectivity index (χ3n) is 4.96. The van der Waals surface area contributed by atoms with Crippen LogP contribution in [0.4, 0.5) is 5.69 Å². The van der Waals surface area contributed by atoms with Crippen molar-refractivity contribution in [1.82, 2.24) is 9.55 Å². The van der Waals surface area contributed by atoms with Crippen molar-refractivity contribution in [2.75, 3.05) is 11.1 Å². The maximum Gasteiger partial charge on any atom is 0.228 e. The Bertz CT molecular complexity index is 1110. The number of hydrogen-bond acceptors (Lipinski definition) is 4. The zero-order chi connectivity index (χ0) is 20.4. The van der Waals surface area contributed by atoms with Gasteiger partial charge in [-0.1, -0.05) is 12.1 Å². The number of sulfone groups is 1. The molecule has 0 unspecified atom stereocenters. The van der Waals surface area contributed by atoms with E-state index in [1.54, 1.807) is 30.6 Å². The molecule has 7 heteroatoms. The molecule has 1 aliphatic rings. The van der Waals surface area contributed by atoms with E-state index in [0.29, 0.717) is 16.5 Å². The Labute approximate surface area is 170 Å². The van der Waals surface area contributed by atoms with Crippen LogP contribution in [0.2, 0.25) is 0 Å². The van der Waals surface area contributed by atoms with Crippen LogP contribution in [-0.2, 0) is 21.1 Å². The van der Waals surface area contributed by atoms with Crippen LogP contribution in [0.25, 0.3) is 5.69 Å². The predicted octanol–water partition coefficient (Wildman–Crippen LogP) is 3.55. The fourth-order valence-electron chi connectivity index (χ4n) is 3.18. The maximum atomic E-state index is 12.3. The smallest absolute Gasteiger partial charge is 0.228 e. The average Bonchev–Trinajstić information content (AvgIpc) is 3.38. The third kappa shape index (κ3) is 4.92. The molecule has 6 nitrogen and oxygen atoms in total. The van der Waals surface area contributed by atoms with E-state index in [9.17, 15) is 13.2 Å². The van der Waals surface area contributed by atoms with Gasteiger partial charge >= 0.3 is 0 Å². The molecule has 0 aliphatic heterocycles. The van der Waals surface area contributed by atoms with Gasteiger partial charge in [0.15, 0.2) is 9.84 Å². The van der Waals surface area contributed by atoms with Gasteiger partial charge in [0, 0.05) is 17.6 Å². The highest BCUT2D eigenvalue weighted by Crippen LogP contribution is 2.32. The molecule has 3 aromatic rings. The molecule has 0 atom stereocenters. The first kappa shape index (κ1) is 19.4. The highest BCUT2D eigenvalue weighted by atomic mass is 32.2. The molecule has 150 valence electrons. The second kappa shape index (κ2) is 7.83. The molecule has 1 fully saturated rings. The summed E-state index contributed by atoms with van der Waals surface area (Å²) in [6.07, 6.45) is 5.87. The molecular formula is C22H23N3O3S. The Balaban J connectivity index is 1.35. The number of imidazole rings is 1. The Morgan fingerprint density at radius 3 is 2.38 bits per heavy atom. The van der Waals surface area contributed by atoms with Crippen LogP contribution in [0.1, 0.15) is 24.1 Å². The van der Waals surface area contributed by atoms with E-state index < -0.39 is 9.84 Å². The van der Waals surface area contributed by atoms with E-state index in [1.807, 2.05) is 42.0 Å². The summed E-state index contributed by atoms with van der Waals surface area (Å²) in [4.78, 5) is 16.9. The molecule has 0 spiro atoms. The largest absolute Gasteiger partial charge is 0.326 e. The second-order valence-electron chi connectivity index (χ2n) is 7.56. The summed E-state index contributed by atoms with van der Waals surface area (Å²) >= 11 is 0. The van der Waals surface area contributed by atoms with Gasteiger partial charge in [-0.25, -0.2) is 13.4 Å². The summed E-state index contributed by atoms with van der Waals surface area (Å²) in [5.74, 6) is 0.390. The summed E-state index contributed by atoms with van der Waals surface area (Å²) in [6.45, 7) is 1.93. The summed E-state index contributed by atoms with van der Waals surface area (Å²) in [6, 6.07) is 14.1. The molecule has 1 saturated carbocycles. The van der Waals surface area contributed by atoms with Gasteiger partial charge in [-0.3, -0.25) is 4.79 Å². The molecule has 1 aliphatic carbocycles. The molecule has 1 amide bonds. The SMILES string of the molecule is Cc1cn(-c2ccc(NC(=O)Cc3ccc(S(=O)(=O)CC4CC4)cc3)cc2)cn1. The highest BCUT2D eigenvalue weighted by molar-refractivity contribution is 7.91. The molecule has 1 aromatic heterocycles. The van der Waals surface area contributed by atoms with E-state index >= 15 is 0 Å². The minimum atomic E-state index is -3.22. The van der Waals surface area contributed by atoms with Crippen molar-refractivity contribution >= 4 is 21.4 Å². The van der Waals surface area contributed by atoms with Crippen LogP contribution in [-0.4, -0.2) is 29.6 Å². The van der Waals surface area contributed by atoms with Crippen molar-refractivity contribution < 1.29 is 13.2 Å². The lowest BCUT2D eigenvalue weighted by molar-refractivity contribution is -0.115. The van der Waals surface area contributed by atoms with Crippen LogP contribution < -0.4 is 5.32 Å². The van der Waals surface area contributed by atoms with Crippen LogP contribution in [0.5, 0.6) is 0 Å². The van der Waals surface area contributed by atoms with E-state index in [-0.39, 0.29) is 18.1 Å². The van der Waals surface area contributed by atoms with Crippen LogP contribution in [0, 0.1) is 12.8 Å². The van der Waals surface area contributed by atoms with Gasteiger partial charge in [0.25, 0.3) is 0 Å². The van der Waals surface area contributed by atoms with Crippen molar-refractivity contribution in [3.05, 3.63) is 72.3 Å². The maximum absolute atomic E-state index is 12.3. The molecule has 1 heterocycles. The Kier molecular flexibility index (Phi) is 5.24. The van der Waals surface area contributed by atoms with Gasteiger partial charge < -0.3 is 9.88 Å². The van der Waals surface area contributed by atoms with E-state index in [2.05, 4.69) is 10.3 Å². The lowest BCUT2D eigenvalue weighted by Gasteiger charge is -2.08. The summed E-state index contributed by atoms with van der Waals surface area (Å²) in [5, 5.41) is 2.87. The number of hydrogen-bond donors (Lipinski definition) is 1. The van der Waals surface area contributed by atoms with Gasteiger partial charge in [-0.05, 0) is 67.6 Å². The van der Waals surface area contributed by atoms with Crippen molar-refractivity contribution in [2.24, 2.45) is 5.92 Å². The third-order valence-corrected chi connectivity index (χ3v) is 6.86. The zero-order valence-corrected chi connectivity index (χ0v) is 17.0. The molecule has 0 bridgehead atoms. The summed E-state index contributed by atoms with van der Waals surface area (Å²) in [7, 11) is -3.22. The van der Waals surface area contributed by atoms with Gasteiger partial charge in [0.05, 0.1) is 29.1 Å². The Morgan fingerprint density at radius 1 is 1.10 bits per heavy atom. The minimum absolute atomic E-state index is 0.148. The van der Waals surface area contributed by atoms with Crippen molar-refractivity contribution in [3.8, 4) is 5.69 Å². The topological polar surface area (TPSA) is 81.1 Å². The van der Waals surface area contributed by atoms with Crippen LogP contribution in [0.3, 0.4) is 0 Å². The molecule has 0 radical (unpaired) electrons. The van der Waals surface area contributed by atoms with Crippen LogP contribution >= 0.6 is 0 Å². The molecule has 4 rings (SSSR count). The normalized spacial score (nSPS) is 14.0. The Hall–Kier alpha value is -2.93. The number of anilines is 1. The molecule has 29 heavy (non-hydrogen) atoms. The number of aromatic nitrogens is 2. The molecule has 2 aromatic carbocycles. The fraction of sp³-hybridized carbons (Fsp3) is 0.273. The summed E-state index contributed by atoms with van der Waals surface area (Å²) in [5.41, 5.74) is 3.39. The number of carbonyl (C=O) groups excluding carboxylic acids is 1. The molecular weight excluding hydrogens is 386 g/mol. The highest BCUT2D eigenvalue weighted by Gasteiger charge is 2.28. The quantitative estimate of drug-likeness (QED) is 0.647. The van der Waals surface area contributed by atoms with Gasteiger partial charge in [-0.15, -0.1) is 0 Å². The number of amides is 1. The second-order valence-corrected chi connectivity index (χ2v) is 9.60. The number of nitrogens with one attached hydrogen (secondary N) is 1. The zero-order valence-electron chi connectivity index (χ0n) is 16.2. The lowest BCUT2D eigenvalue weighted by Crippen LogP contribution is -2.14. The standard InChI is InChI=1S/C22H23N3O3S/c1-16-13-25(15-23-16)20-8-6-19(7-9-20)24-22(26)12-17-4-10-21(11-5-17)29(27,28)14-18-2-3-18/h4-11,13,15,18H,2-3,12,14H2,1H3,(H,24,26). The van der Waals surface area contributed by atoms with Gasteiger partial charge in [0.2, 0.25) is 5.91 Å². The summed E-state index contributed by atoms with van der Waals surface area (Å²) < 4.78 is 26.5. The number of benzene rings is 2. The predicted molar refractivity (Wildman–Crippen MR) is 112 cm³/mol. The number of aryl methyl sites for hydroxylation is 1. The van der Waals surface area contributed by atoms with Crippen molar-refractivity contribution in [2.45, 2.75) is 31.1 Å². The molecule has 1 N–H and O–H groups in total. The number of nitrogens with zero attached hydrogens (tertiary/aromatic N) is 2. The van der Waals surface area contributed by atoms with Gasteiger partial charge in [-0.2, -0.15) is 0 Å².